The number of carbonyl (C=O) groups is 10. The topological polar surface area (TPSA) is 349 Å². The highest BCUT2D eigenvalue weighted by Crippen LogP contribution is 2.09. The second-order valence-corrected chi connectivity index (χ2v) is 11.6. The van der Waals surface area contributed by atoms with E-state index in [0.717, 1.165) is 6.20 Å². The quantitative estimate of drug-likeness (QED) is 0.0427. The van der Waals surface area contributed by atoms with Crippen LogP contribution >= 0.6 is 11.8 Å². The monoisotopic (exact) mass is 734 g/mol. The van der Waals surface area contributed by atoms with Crippen molar-refractivity contribution < 1.29 is 73.5 Å². The molecular formula is C28H42N6O15S. The van der Waals surface area contributed by atoms with Crippen LogP contribution < -0.4 is 27.0 Å². The molecular weight excluding hydrogens is 692 g/mol. The summed E-state index contributed by atoms with van der Waals surface area (Å²) in [6, 6.07) is -8.03. The highest BCUT2D eigenvalue weighted by molar-refractivity contribution is 7.98. The normalized spacial score (nSPS) is 13.6. The number of nitrogens with zero attached hydrogens (tertiary/aromatic N) is 1. The van der Waals surface area contributed by atoms with E-state index in [1.54, 1.807) is 6.26 Å². The first-order valence-corrected chi connectivity index (χ1v) is 16.2. The van der Waals surface area contributed by atoms with Gasteiger partial charge >= 0.3 is 29.8 Å². The standard InChI is InChI=1S/C28H42N6O15S/c1-3-34(13-23(43)44)28(49)18(6-9-21(39)40)33-26(47)16(5-8-20(37)38)31-27(48)17(10-11-50-2)32-25(46)15(4-7-19(35)36)30-24(45)14(29)12-22(41)42/h3,14-18H,1,4-13,29H2,2H3,(H,30,45)(H,31,48)(H,32,46)(H,33,47)(H,35,36)(H,37,38)(H,39,40)(H,41,42)(H,43,44)/t14-,15-,16-,17-,18-/m0/s1. The Morgan fingerprint density at radius 1 is 0.620 bits per heavy atom. The molecule has 0 aromatic rings. The van der Waals surface area contributed by atoms with E-state index in [1.807, 2.05) is 0 Å². The van der Waals surface area contributed by atoms with Crippen molar-refractivity contribution in [3.63, 3.8) is 0 Å². The number of amides is 5. The second-order valence-electron chi connectivity index (χ2n) is 10.6. The average Bonchev–Trinajstić information content (AvgIpc) is 3.02. The zero-order valence-electron chi connectivity index (χ0n) is 27.0. The summed E-state index contributed by atoms with van der Waals surface area (Å²) in [6.07, 6.45) is -2.00. The number of carbonyl (C=O) groups excluding carboxylic acids is 5. The van der Waals surface area contributed by atoms with Gasteiger partial charge in [0.05, 0.1) is 12.5 Å². The van der Waals surface area contributed by atoms with Gasteiger partial charge < -0.3 is 57.4 Å². The molecule has 0 radical (unpaired) electrons. The fraction of sp³-hybridized carbons (Fsp3) is 0.571. The second kappa shape index (κ2) is 23.2. The molecule has 0 aliphatic carbocycles. The predicted molar refractivity (Wildman–Crippen MR) is 171 cm³/mol. The van der Waals surface area contributed by atoms with Crippen molar-refractivity contribution in [2.75, 3.05) is 18.6 Å². The van der Waals surface area contributed by atoms with Crippen LogP contribution in [0.1, 0.15) is 51.4 Å². The molecule has 5 atom stereocenters. The Morgan fingerprint density at radius 2 is 1.00 bits per heavy atom. The lowest BCUT2D eigenvalue weighted by Crippen LogP contribution is -2.59. The number of hydrogen-bond donors (Lipinski definition) is 10. The smallest absolute Gasteiger partial charge is 0.323 e. The molecule has 0 aromatic heterocycles. The number of rotatable bonds is 26. The highest BCUT2D eigenvalue weighted by atomic mass is 32.2. The first-order valence-electron chi connectivity index (χ1n) is 14.8. The first kappa shape index (κ1) is 44.8. The van der Waals surface area contributed by atoms with Gasteiger partial charge in [0.15, 0.2) is 0 Å². The first-order chi connectivity index (χ1) is 23.3. The maximum atomic E-state index is 13.4. The van der Waals surface area contributed by atoms with E-state index in [9.17, 15) is 53.1 Å². The summed E-state index contributed by atoms with van der Waals surface area (Å²) in [7, 11) is 0. The third-order valence-electron chi connectivity index (χ3n) is 6.61. The zero-order valence-corrected chi connectivity index (χ0v) is 27.8. The van der Waals surface area contributed by atoms with Gasteiger partial charge in [0.25, 0.3) is 0 Å². The van der Waals surface area contributed by atoms with E-state index in [0.29, 0.717) is 4.90 Å². The van der Waals surface area contributed by atoms with Crippen LogP contribution in [0.25, 0.3) is 0 Å². The number of carboxylic acids is 5. The molecule has 0 aliphatic heterocycles. The Labute approximate surface area is 289 Å². The summed E-state index contributed by atoms with van der Waals surface area (Å²) >= 11 is 1.24. The van der Waals surface area contributed by atoms with Crippen molar-refractivity contribution in [1.29, 1.82) is 0 Å². The van der Waals surface area contributed by atoms with Gasteiger partial charge in [-0.2, -0.15) is 11.8 Å². The predicted octanol–water partition coefficient (Wildman–Crippen LogP) is -2.87. The van der Waals surface area contributed by atoms with E-state index >= 15 is 0 Å². The van der Waals surface area contributed by atoms with Crippen LogP contribution in [0.4, 0.5) is 0 Å². The molecule has 0 spiro atoms. The molecule has 50 heavy (non-hydrogen) atoms. The summed E-state index contributed by atoms with van der Waals surface area (Å²) in [6.45, 7) is 2.43. The van der Waals surface area contributed by atoms with Gasteiger partial charge in [-0.05, 0) is 37.7 Å². The van der Waals surface area contributed by atoms with Crippen molar-refractivity contribution in [3.05, 3.63) is 12.8 Å². The third kappa shape index (κ3) is 18.3. The number of nitrogens with two attached hydrogens (primary N) is 1. The fourth-order valence-corrected chi connectivity index (χ4v) is 4.53. The third-order valence-corrected chi connectivity index (χ3v) is 7.25. The van der Waals surface area contributed by atoms with Crippen molar-refractivity contribution in [2.45, 2.75) is 81.6 Å². The van der Waals surface area contributed by atoms with Crippen molar-refractivity contribution >= 4 is 71.1 Å². The molecule has 11 N–H and O–H groups in total. The molecule has 0 saturated carbocycles. The minimum absolute atomic E-state index is 0.104. The van der Waals surface area contributed by atoms with Crippen LogP contribution in [0.5, 0.6) is 0 Å². The lowest BCUT2D eigenvalue weighted by Gasteiger charge is -2.27. The van der Waals surface area contributed by atoms with Gasteiger partial charge in [0, 0.05) is 25.5 Å². The summed E-state index contributed by atoms with van der Waals surface area (Å²) < 4.78 is 0. The molecule has 0 fully saturated rings. The zero-order chi connectivity index (χ0) is 38.6. The minimum atomic E-state index is -1.69. The summed E-state index contributed by atoms with van der Waals surface area (Å²) in [5, 5.41) is 54.4. The highest BCUT2D eigenvalue weighted by Gasteiger charge is 2.33. The Morgan fingerprint density at radius 3 is 1.36 bits per heavy atom. The molecule has 0 saturated heterocycles. The summed E-state index contributed by atoms with van der Waals surface area (Å²) in [5.74, 6) is -12.2. The molecule has 280 valence electrons. The Bertz CT molecular complexity index is 1300. The van der Waals surface area contributed by atoms with Crippen molar-refractivity contribution in [3.8, 4) is 0 Å². The summed E-state index contributed by atoms with van der Waals surface area (Å²) in [5.41, 5.74) is 5.53. The molecule has 5 amide bonds. The van der Waals surface area contributed by atoms with Gasteiger partial charge in [-0.25, -0.2) is 0 Å². The maximum Gasteiger partial charge on any atom is 0.323 e. The summed E-state index contributed by atoms with van der Waals surface area (Å²) in [4.78, 5) is 122. The van der Waals surface area contributed by atoms with Gasteiger partial charge in [0.2, 0.25) is 29.5 Å². The lowest BCUT2D eigenvalue weighted by atomic mass is 10.1. The van der Waals surface area contributed by atoms with Crippen molar-refractivity contribution in [2.24, 2.45) is 5.73 Å². The van der Waals surface area contributed by atoms with Gasteiger partial charge in [-0.15, -0.1) is 0 Å². The molecule has 21 nitrogen and oxygen atoms in total. The largest absolute Gasteiger partial charge is 0.481 e. The number of aliphatic carboxylic acids is 5. The van der Waals surface area contributed by atoms with Crippen LogP contribution in [0.3, 0.4) is 0 Å². The number of hydrogen-bond acceptors (Lipinski definition) is 12. The number of nitrogens with one attached hydrogen (secondary N) is 4. The van der Waals surface area contributed by atoms with Crippen molar-refractivity contribution in [1.82, 2.24) is 26.2 Å². The van der Waals surface area contributed by atoms with Gasteiger partial charge in [-0.3, -0.25) is 47.9 Å². The lowest BCUT2D eigenvalue weighted by molar-refractivity contribution is -0.144. The fourth-order valence-electron chi connectivity index (χ4n) is 4.06. The number of thioether (sulfide) groups is 1. The van der Waals surface area contributed by atoms with E-state index in [2.05, 4.69) is 27.8 Å². The maximum absolute atomic E-state index is 13.4. The van der Waals surface area contributed by atoms with Gasteiger partial charge in [0.1, 0.15) is 30.7 Å². The SMILES string of the molecule is C=CN(CC(=O)O)C(=O)[C@H](CCC(=O)O)NC(=O)[C@H](CCC(=O)O)NC(=O)[C@H](CCSC)NC(=O)[C@H](CCC(=O)O)NC(=O)[C@@H](N)CC(=O)O. The van der Waals surface area contributed by atoms with Crippen LogP contribution in [-0.2, 0) is 47.9 Å². The van der Waals surface area contributed by atoms with Gasteiger partial charge in [-0.1, -0.05) is 6.58 Å². The minimum Gasteiger partial charge on any atom is -0.481 e. The molecule has 0 rings (SSSR count). The van der Waals surface area contributed by atoms with Crippen LogP contribution in [-0.4, -0.2) is 139 Å². The van der Waals surface area contributed by atoms with E-state index in [4.69, 9.17) is 26.2 Å². The Balaban J connectivity index is 6.29. The average molecular weight is 735 g/mol. The molecule has 0 bridgehead atoms. The Kier molecular flexibility index (Phi) is 20.7. The van der Waals surface area contributed by atoms with E-state index in [1.165, 1.54) is 11.8 Å². The van der Waals surface area contributed by atoms with Crippen LogP contribution in [0.2, 0.25) is 0 Å². The molecule has 0 unspecified atom stereocenters. The van der Waals surface area contributed by atoms with Crippen LogP contribution in [0.15, 0.2) is 12.8 Å². The van der Waals surface area contributed by atoms with E-state index < -0.39 is 141 Å². The molecule has 0 heterocycles. The van der Waals surface area contributed by atoms with Crippen LogP contribution in [0, 0.1) is 0 Å². The number of carboxylic acid groups (broad SMARTS) is 5. The van der Waals surface area contributed by atoms with E-state index in [-0.39, 0.29) is 12.2 Å². The molecule has 0 aliphatic rings. The Hall–Kier alpha value is -5.25. The molecule has 22 heteroatoms. The molecule has 0 aromatic carbocycles.